The first-order chi connectivity index (χ1) is 16.3. The zero-order valence-corrected chi connectivity index (χ0v) is 23.2. The monoisotopic (exact) mass is 498 g/mol. The van der Waals surface area contributed by atoms with Crippen molar-refractivity contribution in [2.75, 3.05) is 6.61 Å². The standard InChI is InChI=1S/C29H42O5Si/c1-28(2,3)35(5,6)34-25(22-33-24-14-10-9-11-15-24)19-17-23-18-20-26(30)29(23,4)21-13-8-7-12-16-27(31)32/h8-12,14-15,18,25H,13,16-17,19-22H2,1-6H3,(H,31,32)/t7?,25-,29+/m0/s1. The molecule has 0 aromatic heterocycles. The molecule has 1 N–H and O–H groups in total. The number of hydrogen-bond donors (Lipinski definition) is 1. The number of ether oxygens (including phenoxy) is 1. The highest BCUT2D eigenvalue weighted by atomic mass is 28.4. The van der Waals surface area contributed by atoms with Gasteiger partial charge in [-0.3, -0.25) is 9.59 Å². The average Bonchev–Trinajstić information content (AvgIpc) is 3.06. The number of carboxylic acids is 1. The minimum atomic E-state index is -2.00. The third-order valence-electron chi connectivity index (χ3n) is 7.34. The van der Waals surface area contributed by atoms with Gasteiger partial charge in [0.25, 0.3) is 0 Å². The lowest BCUT2D eigenvalue weighted by Gasteiger charge is -2.39. The van der Waals surface area contributed by atoms with Gasteiger partial charge >= 0.3 is 5.97 Å². The Balaban J connectivity index is 2.06. The van der Waals surface area contributed by atoms with Crippen LogP contribution in [-0.2, 0) is 14.0 Å². The van der Waals surface area contributed by atoms with E-state index in [4.69, 9.17) is 14.3 Å². The zero-order chi connectivity index (χ0) is 26.1. The van der Waals surface area contributed by atoms with Gasteiger partial charge in [0.2, 0.25) is 0 Å². The van der Waals surface area contributed by atoms with Gasteiger partial charge < -0.3 is 14.3 Å². The molecule has 0 radical (unpaired) electrons. The number of carbonyl (C=O) groups is 2. The smallest absolute Gasteiger partial charge is 0.307 e. The summed E-state index contributed by atoms with van der Waals surface area (Å²) in [6.45, 7) is 13.7. The van der Waals surface area contributed by atoms with Gasteiger partial charge in [0.15, 0.2) is 8.32 Å². The van der Waals surface area contributed by atoms with E-state index in [-0.39, 0.29) is 23.3 Å². The van der Waals surface area contributed by atoms with E-state index in [1.165, 1.54) is 11.6 Å². The van der Waals surface area contributed by atoms with Crippen molar-refractivity contribution in [2.24, 2.45) is 5.41 Å². The fraction of sp³-hybridized carbons (Fsp3) is 0.552. The fourth-order valence-electron chi connectivity index (χ4n) is 3.99. The normalized spacial score (nSPS) is 19.0. The lowest BCUT2D eigenvalue weighted by Crippen LogP contribution is -2.45. The van der Waals surface area contributed by atoms with E-state index < -0.39 is 19.7 Å². The molecule has 5 nitrogen and oxygen atoms in total. The van der Waals surface area contributed by atoms with E-state index in [0.29, 0.717) is 25.9 Å². The van der Waals surface area contributed by atoms with Crippen LogP contribution < -0.4 is 4.74 Å². The summed E-state index contributed by atoms with van der Waals surface area (Å²) >= 11 is 0. The van der Waals surface area contributed by atoms with Crippen LogP contribution in [0.4, 0.5) is 0 Å². The van der Waals surface area contributed by atoms with Crippen LogP contribution in [0.1, 0.15) is 66.2 Å². The zero-order valence-electron chi connectivity index (χ0n) is 22.2. The number of hydrogen-bond acceptors (Lipinski definition) is 4. The molecule has 0 heterocycles. The SMILES string of the molecule is CC(C)(C)[Si](C)(C)O[C@@H](CCC1=CCC(=O)[C@]1(C)CCC=C=CCC(=O)O)COc1ccccc1. The largest absolute Gasteiger partial charge is 0.491 e. The van der Waals surface area contributed by atoms with E-state index in [9.17, 15) is 9.59 Å². The summed E-state index contributed by atoms with van der Waals surface area (Å²) < 4.78 is 12.8. The lowest BCUT2D eigenvalue weighted by atomic mass is 9.76. The van der Waals surface area contributed by atoms with Crippen molar-refractivity contribution in [1.82, 2.24) is 0 Å². The molecule has 0 saturated heterocycles. The van der Waals surface area contributed by atoms with Crippen LogP contribution in [0.3, 0.4) is 0 Å². The number of benzene rings is 1. The maximum atomic E-state index is 12.8. The molecule has 0 unspecified atom stereocenters. The Morgan fingerprint density at radius 1 is 1.23 bits per heavy atom. The second kappa shape index (κ2) is 12.5. The third kappa shape index (κ3) is 8.64. The van der Waals surface area contributed by atoms with Gasteiger partial charge in [-0.05, 0) is 75.0 Å². The maximum absolute atomic E-state index is 12.8. The topological polar surface area (TPSA) is 72.8 Å². The van der Waals surface area contributed by atoms with Crippen molar-refractivity contribution in [1.29, 1.82) is 0 Å². The van der Waals surface area contributed by atoms with Gasteiger partial charge in [0, 0.05) is 11.8 Å². The number of para-hydroxylation sites is 1. The van der Waals surface area contributed by atoms with Crippen molar-refractivity contribution in [3.8, 4) is 5.75 Å². The van der Waals surface area contributed by atoms with Crippen molar-refractivity contribution in [3.05, 3.63) is 59.9 Å². The molecule has 2 atom stereocenters. The molecule has 0 amide bonds. The fourth-order valence-corrected chi connectivity index (χ4v) is 5.36. The Hall–Kier alpha value is -2.40. The summed E-state index contributed by atoms with van der Waals surface area (Å²) in [6, 6.07) is 9.81. The second-order valence-corrected chi connectivity index (χ2v) is 15.8. The molecule has 0 fully saturated rings. The highest BCUT2D eigenvalue weighted by Crippen LogP contribution is 2.43. The highest BCUT2D eigenvalue weighted by Gasteiger charge is 2.41. The number of ketones is 1. The maximum Gasteiger partial charge on any atom is 0.307 e. The second-order valence-electron chi connectivity index (χ2n) is 11.1. The van der Waals surface area contributed by atoms with E-state index >= 15 is 0 Å². The van der Waals surface area contributed by atoms with Gasteiger partial charge in [0.1, 0.15) is 18.1 Å². The van der Waals surface area contributed by atoms with E-state index in [1.54, 1.807) is 0 Å². The first-order valence-corrected chi connectivity index (χ1v) is 15.5. The van der Waals surface area contributed by atoms with Gasteiger partial charge in [0.05, 0.1) is 12.5 Å². The van der Waals surface area contributed by atoms with Gasteiger partial charge in [-0.1, -0.05) is 50.6 Å². The summed E-state index contributed by atoms with van der Waals surface area (Å²) in [5, 5.41) is 8.81. The van der Waals surface area contributed by atoms with Crippen LogP contribution in [0.25, 0.3) is 0 Å². The molecular weight excluding hydrogens is 456 g/mol. The van der Waals surface area contributed by atoms with Crippen LogP contribution in [-0.4, -0.2) is 37.9 Å². The van der Waals surface area contributed by atoms with Crippen molar-refractivity contribution in [2.45, 2.75) is 90.5 Å². The van der Waals surface area contributed by atoms with E-state index in [2.05, 4.69) is 45.7 Å². The predicted octanol–water partition coefficient (Wildman–Crippen LogP) is 7.11. The molecule has 6 heteroatoms. The summed E-state index contributed by atoms with van der Waals surface area (Å²) in [5.41, 5.74) is 3.60. The first kappa shape index (κ1) is 28.8. The molecule has 1 aliphatic rings. The molecule has 2 rings (SSSR count). The Morgan fingerprint density at radius 2 is 1.91 bits per heavy atom. The van der Waals surface area contributed by atoms with Gasteiger partial charge in [-0.2, -0.15) is 0 Å². The lowest BCUT2D eigenvalue weighted by molar-refractivity contribution is -0.136. The van der Waals surface area contributed by atoms with Crippen LogP contribution in [0.5, 0.6) is 5.75 Å². The minimum Gasteiger partial charge on any atom is -0.491 e. The molecule has 35 heavy (non-hydrogen) atoms. The highest BCUT2D eigenvalue weighted by molar-refractivity contribution is 6.74. The summed E-state index contributed by atoms with van der Waals surface area (Å²) in [6.07, 6.45) is 8.75. The number of allylic oxidation sites excluding steroid dienone is 2. The quantitative estimate of drug-likeness (QED) is 0.178. The number of aliphatic carboxylic acids is 1. The Kier molecular flexibility index (Phi) is 10.3. The number of rotatable bonds is 13. The summed E-state index contributed by atoms with van der Waals surface area (Å²) in [5.74, 6) is 0.205. The number of carbonyl (C=O) groups excluding carboxylic acids is 1. The van der Waals surface area contributed by atoms with Crippen molar-refractivity contribution >= 4 is 20.1 Å². The Bertz CT molecular complexity index is 951. The summed E-state index contributed by atoms with van der Waals surface area (Å²) in [7, 11) is -2.00. The van der Waals surface area contributed by atoms with Gasteiger partial charge in [-0.15, -0.1) is 5.73 Å². The van der Waals surface area contributed by atoms with Gasteiger partial charge in [-0.25, -0.2) is 0 Å². The number of Topliss-reactive ketones (excluding diaryl/α,β-unsaturated/α-hetero) is 1. The summed E-state index contributed by atoms with van der Waals surface area (Å²) in [4.78, 5) is 23.4. The molecule has 0 spiro atoms. The van der Waals surface area contributed by atoms with E-state index in [1.807, 2.05) is 43.3 Å². The Labute approximate surface area is 212 Å². The average molecular weight is 499 g/mol. The van der Waals surface area contributed by atoms with Crippen molar-refractivity contribution in [3.63, 3.8) is 0 Å². The first-order valence-electron chi connectivity index (χ1n) is 12.5. The van der Waals surface area contributed by atoms with Crippen LogP contribution >= 0.6 is 0 Å². The molecule has 0 bridgehead atoms. The van der Waals surface area contributed by atoms with Crippen LogP contribution in [0.15, 0.2) is 59.9 Å². The number of carboxylic acid groups (broad SMARTS) is 1. The molecule has 0 saturated carbocycles. The van der Waals surface area contributed by atoms with Crippen molar-refractivity contribution < 1.29 is 23.9 Å². The third-order valence-corrected chi connectivity index (χ3v) is 11.9. The molecular formula is C29H42O5Si. The molecule has 1 aromatic rings. The molecule has 0 aliphatic heterocycles. The molecule has 1 aliphatic carbocycles. The van der Waals surface area contributed by atoms with Crippen LogP contribution in [0.2, 0.25) is 18.1 Å². The van der Waals surface area contributed by atoms with E-state index in [0.717, 1.165) is 18.6 Å². The minimum absolute atomic E-state index is 0.0431. The predicted molar refractivity (Wildman–Crippen MR) is 143 cm³/mol. The molecule has 1 aromatic carbocycles. The van der Waals surface area contributed by atoms with Crippen LogP contribution in [0, 0.1) is 5.41 Å². The molecule has 192 valence electrons. The Morgan fingerprint density at radius 3 is 2.54 bits per heavy atom.